The third-order valence-corrected chi connectivity index (χ3v) is 4.63. The Labute approximate surface area is 136 Å². The maximum atomic E-state index is 12.0. The van der Waals surface area contributed by atoms with E-state index in [1.165, 1.54) is 0 Å². The summed E-state index contributed by atoms with van der Waals surface area (Å²) in [5.41, 5.74) is 1.10. The van der Waals surface area contributed by atoms with E-state index in [0.717, 1.165) is 54.5 Å². The Morgan fingerprint density at radius 3 is 2.73 bits per heavy atom. The third-order valence-electron chi connectivity index (χ3n) is 3.68. The van der Waals surface area contributed by atoms with Gasteiger partial charge in [0.05, 0.1) is 14.2 Å². The quantitative estimate of drug-likeness (QED) is 0.817. The van der Waals surface area contributed by atoms with Gasteiger partial charge in [-0.15, -0.1) is 0 Å². The summed E-state index contributed by atoms with van der Waals surface area (Å²) < 4.78 is 10.6. The lowest BCUT2D eigenvalue weighted by Gasteiger charge is -2.26. The highest BCUT2D eigenvalue weighted by atomic mass is 32.2. The number of aryl methyl sites for hydroxylation is 1. The highest BCUT2D eigenvalue weighted by Crippen LogP contribution is 2.24. The van der Waals surface area contributed by atoms with Crippen molar-refractivity contribution in [1.29, 1.82) is 0 Å². The summed E-state index contributed by atoms with van der Waals surface area (Å²) in [5, 5.41) is 2.99. The molecule has 1 heterocycles. The van der Waals surface area contributed by atoms with Crippen LogP contribution in [0.4, 0.5) is 4.79 Å². The number of rotatable bonds is 6. The van der Waals surface area contributed by atoms with Crippen LogP contribution in [0.25, 0.3) is 0 Å². The van der Waals surface area contributed by atoms with Gasteiger partial charge in [0, 0.05) is 31.1 Å². The molecule has 2 amide bonds. The Kier molecular flexibility index (Phi) is 6.71. The molecular formula is C16H24N2O3S. The van der Waals surface area contributed by atoms with Crippen LogP contribution >= 0.6 is 11.8 Å². The predicted octanol–water partition coefficient (Wildman–Crippen LogP) is 2.39. The van der Waals surface area contributed by atoms with Crippen LogP contribution < -0.4 is 14.8 Å². The van der Waals surface area contributed by atoms with Crippen molar-refractivity contribution in [2.75, 3.05) is 45.4 Å². The fraction of sp³-hybridized carbons (Fsp3) is 0.562. The van der Waals surface area contributed by atoms with E-state index in [1.807, 2.05) is 34.9 Å². The van der Waals surface area contributed by atoms with Crippen molar-refractivity contribution in [3.8, 4) is 11.5 Å². The summed E-state index contributed by atoms with van der Waals surface area (Å²) in [6.45, 7) is 2.36. The molecule has 0 bridgehead atoms. The van der Waals surface area contributed by atoms with Crippen LogP contribution in [0.5, 0.6) is 11.5 Å². The molecule has 1 aromatic rings. The summed E-state index contributed by atoms with van der Waals surface area (Å²) in [5.74, 6) is 3.76. The first-order valence-electron chi connectivity index (χ1n) is 7.56. The van der Waals surface area contributed by atoms with Crippen molar-refractivity contribution in [2.45, 2.75) is 12.8 Å². The van der Waals surface area contributed by atoms with Crippen molar-refractivity contribution in [3.63, 3.8) is 0 Å². The van der Waals surface area contributed by atoms with Crippen LogP contribution in [0.15, 0.2) is 18.2 Å². The number of methoxy groups -OCH3 is 2. The molecule has 122 valence electrons. The lowest BCUT2D eigenvalue weighted by atomic mass is 10.1. The zero-order valence-corrected chi connectivity index (χ0v) is 14.1. The Morgan fingerprint density at radius 1 is 1.27 bits per heavy atom. The number of benzene rings is 1. The van der Waals surface area contributed by atoms with Crippen molar-refractivity contribution in [3.05, 3.63) is 23.8 Å². The fourth-order valence-corrected chi connectivity index (χ4v) is 3.33. The summed E-state index contributed by atoms with van der Waals surface area (Å²) in [6.07, 6.45) is 1.72. The Morgan fingerprint density at radius 2 is 2.05 bits per heavy atom. The van der Waals surface area contributed by atoms with Crippen LogP contribution in [0.2, 0.25) is 0 Å². The molecule has 1 N–H and O–H groups in total. The lowest BCUT2D eigenvalue weighted by molar-refractivity contribution is 0.203. The first kappa shape index (κ1) is 16.8. The Hall–Kier alpha value is -1.56. The van der Waals surface area contributed by atoms with Crippen molar-refractivity contribution in [2.24, 2.45) is 0 Å². The second-order valence-electron chi connectivity index (χ2n) is 5.11. The highest BCUT2D eigenvalue weighted by molar-refractivity contribution is 7.99. The molecule has 0 aliphatic carbocycles. The van der Waals surface area contributed by atoms with Gasteiger partial charge in [0.15, 0.2) is 0 Å². The average Bonchev–Trinajstić information content (AvgIpc) is 2.59. The largest absolute Gasteiger partial charge is 0.497 e. The minimum Gasteiger partial charge on any atom is -0.497 e. The molecule has 0 radical (unpaired) electrons. The number of amides is 2. The predicted molar refractivity (Wildman–Crippen MR) is 90.2 cm³/mol. The smallest absolute Gasteiger partial charge is 0.317 e. The number of urea groups is 1. The number of ether oxygens (including phenoxy) is 2. The Balaban J connectivity index is 1.77. The molecule has 0 saturated carbocycles. The first-order chi connectivity index (χ1) is 10.7. The topological polar surface area (TPSA) is 50.8 Å². The molecule has 0 spiro atoms. The molecular weight excluding hydrogens is 300 g/mol. The van der Waals surface area contributed by atoms with Crippen LogP contribution in [-0.2, 0) is 6.42 Å². The summed E-state index contributed by atoms with van der Waals surface area (Å²) in [4.78, 5) is 13.9. The van der Waals surface area contributed by atoms with E-state index < -0.39 is 0 Å². The van der Waals surface area contributed by atoms with Crippen molar-refractivity contribution in [1.82, 2.24) is 10.2 Å². The van der Waals surface area contributed by atoms with Gasteiger partial charge < -0.3 is 19.7 Å². The van der Waals surface area contributed by atoms with E-state index in [2.05, 4.69) is 5.32 Å². The van der Waals surface area contributed by atoms with Gasteiger partial charge >= 0.3 is 6.03 Å². The highest BCUT2D eigenvalue weighted by Gasteiger charge is 2.15. The molecule has 1 saturated heterocycles. The molecule has 6 heteroatoms. The van der Waals surface area contributed by atoms with E-state index in [1.54, 1.807) is 14.2 Å². The standard InChI is InChI=1S/C16H24N2O3S/c1-20-14-5-6-15(21-2)13(12-14)4-3-7-17-16(19)18-8-10-22-11-9-18/h5-6,12H,3-4,7-11H2,1-2H3,(H,17,19). The minimum atomic E-state index is 0.0536. The second kappa shape index (κ2) is 8.78. The van der Waals surface area contributed by atoms with Gasteiger partial charge in [-0.1, -0.05) is 0 Å². The van der Waals surface area contributed by atoms with Gasteiger partial charge in [0.2, 0.25) is 0 Å². The molecule has 0 atom stereocenters. The molecule has 22 heavy (non-hydrogen) atoms. The second-order valence-corrected chi connectivity index (χ2v) is 6.34. The van der Waals surface area contributed by atoms with E-state index in [9.17, 15) is 4.79 Å². The normalized spacial score (nSPS) is 14.5. The van der Waals surface area contributed by atoms with Crippen LogP contribution in [0.3, 0.4) is 0 Å². The molecule has 1 fully saturated rings. The summed E-state index contributed by atoms with van der Waals surface area (Å²) >= 11 is 1.90. The van der Waals surface area contributed by atoms with Crippen LogP contribution in [-0.4, -0.2) is 56.3 Å². The van der Waals surface area contributed by atoms with E-state index in [0.29, 0.717) is 6.54 Å². The average molecular weight is 324 g/mol. The van der Waals surface area contributed by atoms with Gasteiger partial charge in [-0.3, -0.25) is 0 Å². The molecule has 0 aromatic heterocycles. The van der Waals surface area contributed by atoms with Gasteiger partial charge in [0.25, 0.3) is 0 Å². The monoisotopic (exact) mass is 324 g/mol. The SMILES string of the molecule is COc1ccc(OC)c(CCCNC(=O)N2CCSCC2)c1. The van der Waals surface area contributed by atoms with Gasteiger partial charge in [-0.25, -0.2) is 4.79 Å². The van der Waals surface area contributed by atoms with Gasteiger partial charge in [-0.05, 0) is 36.6 Å². The van der Waals surface area contributed by atoms with Crippen molar-refractivity contribution < 1.29 is 14.3 Å². The van der Waals surface area contributed by atoms with Gasteiger partial charge in [0.1, 0.15) is 11.5 Å². The van der Waals surface area contributed by atoms with E-state index >= 15 is 0 Å². The zero-order valence-electron chi connectivity index (χ0n) is 13.3. The number of thioether (sulfide) groups is 1. The molecule has 1 aliphatic heterocycles. The molecule has 0 unspecified atom stereocenters. The molecule has 5 nitrogen and oxygen atoms in total. The summed E-state index contributed by atoms with van der Waals surface area (Å²) in [7, 11) is 3.32. The van der Waals surface area contributed by atoms with Gasteiger partial charge in [-0.2, -0.15) is 11.8 Å². The minimum absolute atomic E-state index is 0.0536. The first-order valence-corrected chi connectivity index (χ1v) is 8.71. The summed E-state index contributed by atoms with van der Waals surface area (Å²) in [6, 6.07) is 5.84. The number of carbonyl (C=O) groups is 1. The number of hydrogen-bond acceptors (Lipinski definition) is 4. The number of carbonyl (C=O) groups excluding carboxylic acids is 1. The van der Waals surface area contributed by atoms with E-state index in [4.69, 9.17) is 9.47 Å². The zero-order chi connectivity index (χ0) is 15.8. The number of nitrogens with one attached hydrogen (secondary N) is 1. The third kappa shape index (κ3) is 4.73. The number of nitrogens with zero attached hydrogens (tertiary/aromatic N) is 1. The fourth-order valence-electron chi connectivity index (χ4n) is 2.43. The lowest BCUT2D eigenvalue weighted by Crippen LogP contribution is -2.44. The molecule has 2 rings (SSSR count). The Bertz CT molecular complexity index is 490. The maximum absolute atomic E-state index is 12.0. The van der Waals surface area contributed by atoms with Crippen molar-refractivity contribution >= 4 is 17.8 Å². The number of hydrogen-bond donors (Lipinski definition) is 1. The molecule has 1 aromatic carbocycles. The van der Waals surface area contributed by atoms with Crippen LogP contribution in [0.1, 0.15) is 12.0 Å². The van der Waals surface area contributed by atoms with Crippen LogP contribution in [0, 0.1) is 0 Å². The maximum Gasteiger partial charge on any atom is 0.317 e. The molecule has 1 aliphatic rings. The van der Waals surface area contributed by atoms with E-state index in [-0.39, 0.29) is 6.03 Å².